The first-order valence-electron chi connectivity index (χ1n) is 6.48. The maximum Gasteiger partial charge on any atom is 0.298 e. The van der Waals surface area contributed by atoms with E-state index in [0.717, 1.165) is 0 Å². The number of rotatable bonds is 6. The van der Waals surface area contributed by atoms with Crippen molar-refractivity contribution in [2.75, 3.05) is 11.9 Å². The molecule has 0 aliphatic rings. The largest absolute Gasteiger partial charge is 0.423 e. The maximum atomic E-state index is 10.9. The average molecular weight is 279 g/mol. The van der Waals surface area contributed by atoms with Crippen molar-refractivity contribution >= 4 is 22.8 Å². The summed E-state index contributed by atoms with van der Waals surface area (Å²) in [6, 6.07) is 4.74. The van der Waals surface area contributed by atoms with Gasteiger partial charge in [-0.2, -0.15) is 4.98 Å². The summed E-state index contributed by atoms with van der Waals surface area (Å²) in [4.78, 5) is 14.6. The Morgan fingerprint density at radius 2 is 2.15 bits per heavy atom. The highest BCUT2D eigenvalue weighted by Crippen LogP contribution is 2.29. The SMILES string of the molecule is CCC(CC)(CO)Nc1nc2c([N+](=O)[O-])cccc2o1. The first-order chi connectivity index (χ1) is 9.55. The third-order valence-electron chi connectivity index (χ3n) is 3.62. The third-order valence-corrected chi connectivity index (χ3v) is 3.62. The van der Waals surface area contributed by atoms with Crippen LogP contribution in [0.4, 0.5) is 11.7 Å². The molecule has 7 heteroatoms. The maximum absolute atomic E-state index is 10.9. The zero-order chi connectivity index (χ0) is 14.8. The molecule has 0 aliphatic carbocycles. The first kappa shape index (κ1) is 14.3. The molecule has 0 amide bonds. The molecule has 2 aromatic rings. The van der Waals surface area contributed by atoms with Crippen LogP contribution in [0, 0.1) is 10.1 Å². The fourth-order valence-corrected chi connectivity index (χ4v) is 2.05. The zero-order valence-electron chi connectivity index (χ0n) is 11.4. The Morgan fingerprint density at radius 1 is 1.45 bits per heavy atom. The van der Waals surface area contributed by atoms with Crippen molar-refractivity contribution < 1.29 is 14.4 Å². The normalized spacial score (nSPS) is 11.8. The van der Waals surface area contributed by atoms with Crippen LogP contribution in [-0.2, 0) is 0 Å². The average Bonchev–Trinajstić information content (AvgIpc) is 2.86. The number of aromatic nitrogens is 1. The van der Waals surface area contributed by atoms with E-state index in [1.165, 1.54) is 6.07 Å². The summed E-state index contributed by atoms with van der Waals surface area (Å²) in [5.41, 5.74) is -0.0722. The molecular weight excluding hydrogens is 262 g/mol. The highest BCUT2D eigenvalue weighted by Gasteiger charge is 2.28. The Kier molecular flexibility index (Phi) is 3.89. The molecule has 0 unspecified atom stereocenters. The monoisotopic (exact) mass is 279 g/mol. The lowest BCUT2D eigenvalue weighted by molar-refractivity contribution is -0.383. The highest BCUT2D eigenvalue weighted by molar-refractivity contribution is 5.84. The van der Waals surface area contributed by atoms with Crippen molar-refractivity contribution in [1.29, 1.82) is 0 Å². The van der Waals surface area contributed by atoms with Crippen molar-refractivity contribution in [3.8, 4) is 0 Å². The molecule has 0 fully saturated rings. The number of nitro benzene ring substituents is 1. The molecule has 0 saturated carbocycles. The van der Waals surface area contributed by atoms with E-state index in [4.69, 9.17) is 4.42 Å². The van der Waals surface area contributed by atoms with E-state index in [9.17, 15) is 15.2 Å². The van der Waals surface area contributed by atoms with Gasteiger partial charge < -0.3 is 14.8 Å². The van der Waals surface area contributed by atoms with E-state index >= 15 is 0 Å². The van der Waals surface area contributed by atoms with Crippen LogP contribution in [0.1, 0.15) is 26.7 Å². The van der Waals surface area contributed by atoms with Gasteiger partial charge in [-0.1, -0.05) is 19.9 Å². The fourth-order valence-electron chi connectivity index (χ4n) is 2.05. The minimum atomic E-state index is -0.532. The molecule has 1 aromatic carbocycles. The molecule has 1 heterocycles. The number of aliphatic hydroxyl groups excluding tert-OH is 1. The topological polar surface area (TPSA) is 101 Å². The van der Waals surface area contributed by atoms with Gasteiger partial charge in [0.25, 0.3) is 11.7 Å². The van der Waals surface area contributed by atoms with E-state index in [1.54, 1.807) is 12.1 Å². The number of para-hydroxylation sites is 1. The van der Waals surface area contributed by atoms with Crippen LogP contribution in [0.3, 0.4) is 0 Å². The van der Waals surface area contributed by atoms with Crippen molar-refractivity contribution in [3.63, 3.8) is 0 Å². The number of nitro groups is 1. The van der Waals surface area contributed by atoms with Gasteiger partial charge in [0.2, 0.25) is 0 Å². The smallest absolute Gasteiger partial charge is 0.298 e. The lowest BCUT2D eigenvalue weighted by Gasteiger charge is -2.29. The molecule has 0 bridgehead atoms. The number of fused-ring (bicyclic) bond motifs is 1. The first-order valence-corrected chi connectivity index (χ1v) is 6.48. The third kappa shape index (κ3) is 2.44. The molecule has 0 spiro atoms. The minimum absolute atomic E-state index is 0.0686. The van der Waals surface area contributed by atoms with Crippen molar-refractivity contribution in [2.45, 2.75) is 32.2 Å². The number of aliphatic hydroxyl groups is 1. The molecule has 1 aromatic heterocycles. The predicted molar refractivity (Wildman–Crippen MR) is 74.7 cm³/mol. The van der Waals surface area contributed by atoms with Crippen molar-refractivity contribution in [3.05, 3.63) is 28.3 Å². The Bertz CT molecular complexity index is 611. The second-order valence-corrected chi connectivity index (χ2v) is 4.67. The summed E-state index contributed by atoms with van der Waals surface area (Å²) in [6.45, 7) is 3.82. The van der Waals surface area contributed by atoms with Crippen molar-refractivity contribution in [2.24, 2.45) is 0 Å². The number of benzene rings is 1. The van der Waals surface area contributed by atoms with Crippen LogP contribution < -0.4 is 5.32 Å². The van der Waals surface area contributed by atoms with Crippen molar-refractivity contribution in [1.82, 2.24) is 4.98 Å². The zero-order valence-corrected chi connectivity index (χ0v) is 11.4. The van der Waals surface area contributed by atoms with E-state index in [1.807, 2.05) is 13.8 Å². The fraction of sp³-hybridized carbons (Fsp3) is 0.462. The molecule has 108 valence electrons. The molecule has 0 radical (unpaired) electrons. The van der Waals surface area contributed by atoms with Gasteiger partial charge in [0, 0.05) is 6.07 Å². The number of hydrogen-bond donors (Lipinski definition) is 2. The number of nitrogens with zero attached hydrogens (tertiary/aromatic N) is 2. The van der Waals surface area contributed by atoms with E-state index < -0.39 is 10.5 Å². The lowest BCUT2D eigenvalue weighted by Crippen LogP contribution is -2.40. The molecule has 0 saturated heterocycles. The van der Waals surface area contributed by atoms with Crippen LogP contribution >= 0.6 is 0 Å². The van der Waals surface area contributed by atoms with Gasteiger partial charge in [-0.3, -0.25) is 10.1 Å². The molecule has 7 nitrogen and oxygen atoms in total. The lowest BCUT2D eigenvalue weighted by atomic mass is 9.94. The summed E-state index contributed by atoms with van der Waals surface area (Å²) in [5.74, 6) is 0. The molecule has 2 N–H and O–H groups in total. The quantitative estimate of drug-likeness (QED) is 0.622. The van der Waals surface area contributed by atoms with E-state index in [0.29, 0.717) is 18.4 Å². The van der Waals surface area contributed by atoms with Gasteiger partial charge in [-0.05, 0) is 18.9 Å². The Morgan fingerprint density at radius 3 is 2.70 bits per heavy atom. The number of oxazole rings is 1. The number of non-ortho nitro benzene ring substituents is 1. The summed E-state index contributed by atoms with van der Waals surface area (Å²) >= 11 is 0. The number of hydrogen-bond acceptors (Lipinski definition) is 6. The van der Waals surface area contributed by atoms with E-state index in [2.05, 4.69) is 10.3 Å². The van der Waals surface area contributed by atoms with Gasteiger partial charge in [0.15, 0.2) is 11.1 Å². The van der Waals surface area contributed by atoms with Gasteiger partial charge in [-0.15, -0.1) is 0 Å². The van der Waals surface area contributed by atoms with Crippen LogP contribution in [0.5, 0.6) is 0 Å². The summed E-state index contributed by atoms with van der Waals surface area (Å²) in [5, 5.41) is 23.5. The molecular formula is C13H17N3O4. The molecule has 0 aliphatic heterocycles. The summed E-state index contributed by atoms with van der Waals surface area (Å²) in [7, 11) is 0. The Labute approximate surface area is 115 Å². The number of nitrogens with one attached hydrogen (secondary N) is 1. The van der Waals surface area contributed by atoms with Crippen LogP contribution in [0.15, 0.2) is 22.6 Å². The van der Waals surface area contributed by atoms with Gasteiger partial charge >= 0.3 is 0 Å². The highest BCUT2D eigenvalue weighted by atomic mass is 16.6. The predicted octanol–water partition coefficient (Wildman–Crippen LogP) is 2.70. The molecule has 20 heavy (non-hydrogen) atoms. The molecule has 2 rings (SSSR count). The summed E-state index contributed by atoms with van der Waals surface area (Å²) < 4.78 is 5.48. The summed E-state index contributed by atoms with van der Waals surface area (Å²) in [6.07, 6.45) is 1.36. The number of anilines is 1. The van der Waals surface area contributed by atoms with Gasteiger partial charge in [0.05, 0.1) is 17.1 Å². The minimum Gasteiger partial charge on any atom is -0.423 e. The second-order valence-electron chi connectivity index (χ2n) is 4.67. The van der Waals surface area contributed by atoms with Gasteiger partial charge in [-0.25, -0.2) is 0 Å². The Hall–Kier alpha value is -2.15. The standard InChI is InChI=1S/C13H17N3O4/c1-3-13(4-2,8-17)15-12-14-11-9(16(18)19)6-5-7-10(11)20-12/h5-7,17H,3-4,8H2,1-2H3,(H,14,15). The van der Waals surface area contributed by atoms with E-state index in [-0.39, 0.29) is 23.8 Å². The second kappa shape index (κ2) is 5.46. The van der Waals surface area contributed by atoms with Crippen LogP contribution in [-0.4, -0.2) is 27.2 Å². The van der Waals surface area contributed by atoms with Crippen LogP contribution in [0.2, 0.25) is 0 Å². The molecule has 0 atom stereocenters. The van der Waals surface area contributed by atoms with Crippen LogP contribution in [0.25, 0.3) is 11.1 Å². The van der Waals surface area contributed by atoms with Gasteiger partial charge in [0.1, 0.15) is 0 Å². The Balaban J connectivity index is 2.42.